The average Bonchev–Trinajstić information content (AvgIpc) is 2.65. The molecule has 0 aliphatic carbocycles. The summed E-state index contributed by atoms with van der Waals surface area (Å²) in [5.74, 6) is 0.830. The summed E-state index contributed by atoms with van der Waals surface area (Å²) in [5, 5.41) is 2.93. The Morgan fingerprint density at radius 1 is 1.23 bits per heavy atom. The minimum absolute atomic E-state index is 0.0664. The zero-order chi connectivity index (χ0) is 18.7. The molecule has 3 rings (SSSR count). The summed E-state index contributed by atoms with van der Waals surface area (Å²) in [6.07, 6.45) is -0.621. The number of hydrogen-bond acceptors (Lipinski definition) is 4. The second kappa shape index (κ2) is 7.47. The molecule has 0 aromatic heterocycles. The van der Waals surface area contributed by atoms with Crippen LogP contribution in [-0.4, -0.2) is 31.6 Å². The molecule has 1 heterocycles. The summed E-state index contributed by atoms with van der Waals surface area (Å²) in [4.78, 5) is 26.5. The molecule has 1 aliphatic rings. The van der Waals surface area contributed by atoms with E-state index in [1.54, 1.807) is 26.2 Å². The van der Waals surface area contributed by atoms with Gasteiger partial charge in [-0.15, -0.1) is 0 Å². The first-order valence-electron chi connectivity index (χ1n) is 8.50. The van der Waals surface area contributed by atoms with Crippen LogP contribution >= 0.6 is 0 Å². The minimum atomic E-state index is -0.621. The van der Waals surface area contributed by atoms with Gasteiger partial charge in [-0.25, -0.2) is 0 Å². The van der Waals surface area contributed by atoms with E-state index in [1.807, 2.05) is 43.3 Å². The van der Waals surface area contributed by atoms with Gasteiger partial charge >= 0.3 is 0 Å². The molecule has 2 aromatic carbocycles. The second-order valence-corrected chi connectivity index (χ2v) is 6.18. The number of rotatable bonds is 5. The number of benzene rings is 2. The van der Waals surface area contributed by atoms with Crippen molar-refractivity contribution in [1.29, 1.82) is 0 Å². The lowest BCUT2D eigenvalue weighted by Crippen LogP contribution is -2.49. The zero-order valence-corrected chi connectivity index (χ0v) is 15.1. The van der Waals surface area contributed by atoms with Gasteiger partial charge < -0.3 is 14.8 Å². The van der Waals surface area contributed by atoms with E-state index in [9.17, 15) is 9.59 Å². The molecule has 0 radical (unpaired) electrons. The van der Waals surface area contributed by atoms with Crippen LogP contribution in [0.25, 0.3) is 0 Å². The Balaban J connectivity index is 1.74. The van der Waals surface area contributed by atoms with Crippen molar-refractivity contribution in [2.24, 2.45) is 0 Å². The van der Waals surface area contributed by atoms with Crippen LogP contribution in [0.3, 0.4) is 0 Å². The molecule has 26 heavy (non-hydrogen) atoms. The molecular weight excluding hydrogens is 332 g/mol. The monoisotopic (exact) mass is 354 g/mol. The molecule has 6 heteroatoms. The van der Waals surface area contributed by atoms with Crippen molar-refractivity contribution in [1.82, 2.24) is 5.32 Å². The van der Waals surface area contributed by atoms with Crippen LogP contribution in [0.4, 0.5) is 5.69 Å². The predicted octanol–water partition coefficient (Wildman–Crippen LogP) is 2.69. The van der Waals surface area contributed by atoms with E-state index in [2.05, 4.69) is 5.32 Å². The molecule has 0 saturated carbocycles. The first-order valence-corrected chi connectivity index (χ1v) is 8.50. The Morgan fingerprint density at radius 2 is 1.92 bits per heavy atom. The smallest absolute Gasteiger partial charge is 0.268 e. The fraction of sp³-hybridized carbons (Fsp3) is 0.300. The molecule has 0 spiro atoms. The maximum Gasteiger partial charge on any atom is 0.268 e. The SMILES string of the molecule is COc1ccccc1[C@H](C)NC(=O)CN1C(=O)[C@@H](C)Oc2ccccc21. The lowest BCUT2D eigenvalue weighted by Gasteiger charge is -2.32. The summed E-state index contributed by atoms with van der Waals surface area (Å²) in [6.45, 7) is 3.50. The van der Waals surface area contributed by atoms with Gasteiger partial charge in [-0.05, 0) is 32.0 Å². The number of ether oxygens (including phenoxy) is 2. The van der Waals surface area contributed by atoms with Gasteiger partial charge in [0.15, 0.2) is 6.10 Å². The van der Waals surface area contributed by atoms with Crippen molar-refractivity contribution in [3.63, 3.8) is 0 Å². The molecule has 0 unspecified atom stereocenters. The molecule has 2 aromatic rings. The fourth-order valence-corrected chi connectivity index (χ4v) is 3.05. The summed E-state index contributed by atoms with van der Waals surface area (Å²) >= 11 is 0. The summed E-state index contributed by atoms with van der Waals surface area (Å²) in [7, 11) is 1.60. The Kier molecular flexibility index (Phi) is 5.11. The Bertz CT molecular complexity index is 821. The quantitative estimate of drug-likeness (QED) is 0.896. The number of hydrogen-bond donors (Lipinski definition) is 1. The standard InChI is InChI=1S/C20H22N2O4/c1-13(15-8-4-6-10-17(15)25-3)21-19(23)12-22-16-9-5-7-11-18(16)26-14(2)20(22)24/h4-11,13-14H,12H2,1-3H3,(H,21,23)/t13-,14+/m0/s1. The minimum Gasteiger partial charge on any atom is -0.496 e. The van der Waals surface area contributed by atoms with Crippen LogP contribution in [0.2, 0.25) is 0 Å². The van der Waals surface area contributed by atoms with Crippen molar-refractivity contribution >= 4 is 17.5 Å². The Labute approximate surface area is 152 Å². The summed E-state index contributed by atoms with van der Waals surface area (Å²) in [6, 6.07) is 14.5. The van der Waals surface area contributed by atoms with E-state index < -0.39 is 6.10 Å². The molecule has 2 atom stereocenters. The molecule has 1 aliphatic heterocycles. The third-order valence-corrected chi connectivity index (χ3v) is 4.36. The first-order chi connectivity index (χ1) is 12.5. The van der Waals surface area contributed by atoms with E-state index in [0.717, 1.165) is 5.56 Å². The van der Waals surface area contributed by atoms with Crippen LogP contribution in [0, 0.1) is 0 Å². The Morgan fingerprint density at radius 3 is 2.69 bits per heavy atom. The highest BCUT2D eigenvalue weighted by molar-refractivity contribution is 6.03. The van der Waals surface area contributed by atoms with E-state index in [1.165, 1.54) is 4.90 Å². The van der Waals surface area contributed by atoms with Crippen LogP contribution < -0.4 is 19.7 Å². The van der Waals surface area contributed by atoms with Gasteiger partial charge in [0.2, 0.25) is 5.91 Å². The van der Waals surface area contributed by atoms with Gasteiger partial charge in [0.25, 0.3) is 5.91 Å². The largest absolute Gasteiger partial charge is 0.496 e. The van der Waals surface area contributed by atoms with E-state index in [0.29, 0.717) is 17.2 Å². The number of fused-ring (bicyclic) bond motifs is 1. The van der Waals surface area contributed by atoms with Crippen LogP contribution in [0.1, 0.15) is 25.5 Å². The third-order valence-electron chi connectivity index (χ3n) is 4.36. The zero-order valence-electron chi connectivity index (χ0n) is 15.1. The highest BCUT2D eigenvalue weighted by Gasteiger charge is 2.32. The number of carbonyl (C=O) groups excluding carboxylic acids is 2. The van der Waals surface area contributed by atoms with Crippen molar-refractivity contribution in [3.8, 4) is 11.5 Å². The van der Waals surface area contributed by atoms with Gasteiger partial charge in [-0.1, -0.05) is 30.3 Å². The molecule has 6 nitrogen and oxygen atoms in total. The summed E-state index contributed by atoms with van der Waals surface area (Å²) < 4.78 is 10.9. The third kappa shape index (κ3) is 3.49. The van der Waals surface area contributed by atoms with Crippen molar-refractivity contribution in [2.45, 2.75) is 26.0 Å². The van der Waals surface area contributed by atoms with Gasteiger partial charge in [0, 0.05) is 5.56 Å². The Hall–Kier alpha value is -3.02. The van der Waals surface area contributed by atoms with Crippen molar-refractivity contribution < 1.29 is 19.1 Å². The van der Waals surface area contributed by atoms with Crippen LogP contribution in [-0.2, 0) is 9.59 Å². The van der Waals surface area contributed by atoms with Crippen molar-refractivity contribution in [3.05, 3.63) is 54.1 Å². The van der Waals surface area contributed by atoms with Gasteiger partial charge in [-0.3, -0.25) is 14.5 Å². The molecule has 0 saturated heterocycles. The number of para-hydroxylation sites is 3. The summed E-state index contributed by atoms with van der Waals surface area (Å²) in [5.41, 5.74) is 1.49. The van der Waals surface area contributed by atoms with Gasteiger partial charge in [0.05, 0.1) is 18.8 Å². The molecule has 0 fully saturated rings. The lowest BCUT2D eigenvalue weighted by atomic mass is 10.1. The average molecular weight is 354 g/mol. The number of methoxy groups -OCH3 is 1. The molecule has 1 N–H and O–H groups in total. The highest BCUT2D eigenvalue weighted by atomic mass is 16.5. The van der Waals surface area contributed by atoms with E-state index >= 15 is 0 Å². The second-order valence-electron chi connectivity index (χ2n) is 6.18. The van der Waals surface area contributed by atoms with Crippen LogP contribution in [0.15, 0.2) is 48.5 Å². The van der Waals surface area contributed by atoms with Gasteiger partial charge in [0.1, 0.15) is 18.0 Å². The van der Waals surface area contributed by atoms with Crippen LogP contribution in [0.5, 0.6) is 11.5 Å². The number of nitrogens with one attached hydrogen (secondary N) is 1. The topological polar surface area (TPSA) is 67.9 Å². The van der Waals surface area contributed by atoms with E-state index in [4.69, 9.17) is 9.47 Å². The van der Waals surface area contributed by atoms with Crippen molar-refractivity contribution in [2.75, 3.05) is 18.6 Å². The number of carbonyl (C=O) groups is 2. The number of nitrogens with zero attached hydrogens (tertiary/aromatic N) is 1. The normalized spacial score (nSPS) is 17.1. The maximum atomic E-state index is 12.6. The predicted molar refractivity (Wildman–Crippen MR) is 98.4 cm³/mol. The lowest BCUT2D eigenvalue weighted by molar-refractivity contribution is -0.128. The maximum absolute atomic E-state index is 12.6. The van der Waals surface area contributed by atoms with E-state index in [-0.39, 0.29) is 24.4 Å². The molecule has 0 bridgehead atoms. The first kappa shape index (κ1) is 17.8. The van der Waals surface area contributed by atoms with Gasteiger partial charge in [-0.2, -0.15) is 0 Å². The fourth-order valence-electron chi connectivity index (χ4n) is 3.05. The number of anilines is 1. The molecule has 136 valence electrons. The number of amides is 2. The highest BCUT2D eigenvalue weighted by Crippen LogP contribution is 2.33. The molecular formula is C20H22N2O4. The molecule has 2 amide bonds.